The van der Waals surface area contributed by atoms with Gasteiger partial charge in [-0.05, 0) is 233 Å². The predicted octanol–water partition coefficient (Wildman–Crippen LogP) is 17.1. The number of nitrogens with one attached hydrogen (secondary N) is 10. The van der Waals surface area contributed by atoms with Crippen molar-refractivity contribution >= 4 is 91.2 Å². The highest BCUT2D eigenvalue weighted by Crippen LogP contribution is 2.31. The average Bonchev–Trinajstić information content (AvgIpc) is 0.802. The second-order valence-electron chi connectivity index (χ2n) is 29.0. The van der Waals surface area contributed by atoms with Crippen LogP contribution in [0.3, 0.4) is 0 Å². The fourth-order valence-electron chi connectivity index (χ4n) is 12.6. The fourth-order valence-corrected chi connectivity index (χ4v) is 14.0. The molecule has 28 nitrogen and oxygen atoms in total. The number of nitrogens with zero attached hydrogens (tertiary/aromatic N) is 3. The maximum absolute atomic E-state index is 13.4. The number of halogens is 1. The number of para-hydroxylation sites is 2. The first-order valence-corrected chi connectivity index (χ1v) is 42.4. The lowest BCUT2D eigenvalue weighted by atomic mass is 10.1. The number of urea groups is 5. The topological polar surface area (TPSA) is 363 Å². The van der Waals surface area contributed by atoms with Gasteiger partial charge in [-0.3, -0.25) is 4.98 Å². The number of carbonyl (C=O) groups excluding carboxylic acids is 6. The predicted molar refractivity (Wildman–Crippen MR) is 496 cm³/mol. The minimum atomic E-state index is -3.62. The van der Waals surface area contributed by atoms with E-state index in [2.05, 4.69) is 62.9 Å². The standard InChI is InChI=1S/C22H32N4O3S.C20H26N2O3.C19H19N3O3.C19H22N2O4.C16H17FN2O2/c1-6-26(7-2)30(28,29)19-12-13-21(25(4)5)20(16-19)24-22(27)23-15-14-18-10-8-17(3)9-11-18;1-5-25-17-8-9-18(15(3)12-17)22-20(23)21-11-10-16-7-6-14(2)19(13-16)24-4;1-25-15-9-7-13(8-10-15)17(12-23)22-19(24)21-16-6-2-4-14-5-3-11-20-18(14)16;1-13-4-5-14(12-17(13)24-2)10-11-20-19(23)21-16-8-6-15(7-9-16)18(22)25-3;1-11(10-12-6-8-13(20)9-7-12)18-16(21)19-15-5-3-2-4-14(15)17/h8-13,16H,6-7,14-15H2,1-5H3,(H2,23,24,27);6-9,12-13H,5,10-11H2,1-4H3,(H2,21,22,23);2-11,17,23H,12H2,1H3,(H2,21,22,24);4-9,12H,10-11H2,1-3H3,(H2,20,21,23);2-9,11,20H,10H2,1H3,(H2,18,19,21). The summed E-state index contributed by atoms with van der Waals surface area (Å²) in [6, 6.07) is 64.1. The number of methoxy groups -OCH3 is 4. The van der Waals surface area contributed by atoms with Crippen molar-refractivity contribution in [1.29, 1.82) is 0 Å². The van der Waals surface area contributed by atoms with Gasteiger partial charge in [0.15, 0.2) is 0 Å². The lowest BCUT2D eigenvalue weighted by Gasteiger charge is -2.22. The van der Waals surface area contributed by atoms with E-state index in [9.17, 15) is 51.8 Å². The number of phenols is 1. The third-order valence-electron chi connectivity index (χ3n) is 19.4. The normalized spacial score (nSPS) is 11.0. The summed E-state index contributed by atoms with van der Waals surface area (Å²) in [5, 5.41) is 47.4. The second kappa shape index (κ2) is 51.2. The van der Waals surface area contributed by atoms with Crippen LogP contribution in [0.4, 0.5) is 62.5 Å². The zero-order valence-corrected chi connectivity index (χ0v) is 74.5. The molecule has 10 amide bonds. The molecule has 0 aliphatic heterocycles. The molecule has 10 aromatic carbocycles. The summed E-state index contributed by atoms with van der Waals surface area (Å²) in [6.07, 6.45) is 4.45. The monoisotopic (exact) mass is 1740 g/mol. The molecule has 11 aromatic rings. The summed E-state index contributed by atoms with van der Waals surface area (Å²) in [6.45, 7) is 18.1. The van der Waals surface area contributed by atoms with Gasteiger partial charge < -0.3 is 92.0 Å². The van der Waals surface area contributed by atoms with Crippen molar-refractivity contribution in [2.75, 3.05) is 120 Å². The quantitative estimate of drug-likeness (QED) is 0.0180. The number of ether oxygens (including phenoxy) is 5. The molecular weight excluding hydrogens is 1630 g/mol. The van der Waals surface area contributed by atoms with Gasteiger partial charge in [0, 0.05) is 75.8 Å². The second-order valence-corrected chi connectivity index (χ2v) is 30.9. The zero-order chi connectivity index (χ0) is 91.7. The van der Waals surface area contributed by atoms with Crippen LogP contribution in [0.2, 0.25) is 0 Å². The number of aryl methyl sites for hydroxylation is 4. The Kier molecular flexibility index (Phi) is 40.3. The number of phenolic OH excluding ortho intramolecular Hbond substituents is 1. The molecule has 0 bridgehead atoms. The number of aliphatic hydroxyl groups excluding tert-OH is 1. The summed E-state index contributed by atoms with van der Waals surface area (Å²) in [5.41, 5.74) is 13.9. The number of fused-ring (bicyclic) bond motifs is 1. The molecule has 0 fully saturated rings. The molecule has 0 saturated heterocycles. The van der Waals surface area contributed by atoms with E-state index in [0.29, 0.717) is 92.5 Å². The Morgan fingerprint density at radius 3 is 1.59 bits per heavy atom. The largest absolute Gasteiger partial charge is 0.508 e. The van der Waals surface area contributed by atoms with Crippen molar-refractivity contribution in [2.45, 2.75) is 98.1 Å². The van der Waals surface area contributed by atoms with Gasteiger partial charge in [-0.2, -0.15) is 4.31 Å². The summed E-state index contributed by atoms with van der Waals surface area (Å²) >= 11 is 0. The molecule has 11 rings (SSSR count). The molecule has 668 valence electrons. The molecular formula is C96H116FN13O15S. The summed E-state index contributed by atoms with van der Waals surface area (Å²) in [4.78, 5) is 78.2. The van der Waals surface area contributed by atoms with Crippen molar-refractivity contribution in [3.63, 3.8) is 0 Å². The summed E-state index contributed by atoms with van der Waals surface area (Å²) < 4.78 is 66.3. The van der Waals surface area contributed by atoms with E-state index in [4.69, 9.17) is 18.9 Å². The van der Waals surface area contributed by atoms with Gasteiger partial charge in [0.25, 0.3) is 0 Å². The number of amides is 10. The minimum Gasteiger partial charge on any atom is -0.508 e. The van der Waals surface area contributed by atoms with Gasteiger partial charge in [-0.1, -0.05) is 123 Å². The van der Waals surface area contributed by atoms with Crippen molar-refractivity contribution < 1.29 is 75.5 Å². The molecule has 0 radical (unpaired) electrons. The molecule has 0 aliphatic carbocycles. The average molecular weight is 1740 g/mol. The van der Waals surface area contributed by atoms with Crippen LogP contribution < -0.4 is 77.0 Å². The first-order chi connectivity index (χ1) is 60.5. The van der Waals surface area contributed by atoms with E-state index in [1.807, 2.05) is 164 Å². The lowest BCUT2D eigenvalue weighted by Crippen LogP contribution is -2.37. The van der Waals surface area contributed by atoms with Crippen molar-refractivity contribution in [3.8, 4) is 28.7 Å². The van der Waals surface area contributed by atoms with Crippen LogP contribution in [-0.4, -0.2) is 159 Å². The smallest absolute Gasteiger partial charge is 0.337 e. The molecule has 12 N–H and O–H groups in total. The van der Waals surface area contributed by atoms with Crippen LogP contribution in [0.25, 0.3) is 10.9 Å². The molecule has 0 aliphatic rings. The molecule has 2 atom stereocenters. The number of rotatable bonds is 31. The van der Waals surface area contributed by atoms with Crippen molar-refractivity contribution in [1.82, 2.24) is 35.9 Å². The van der Waals surface area contributed by atoms with Crippen molar-refractivity contribution in [3.05, 3.63) is 292 Å². The molecule has 2 unspecified atom stereocenters. The van der Waals surface area contributed by atoms with Crippen LogP contribution >= 0.6 is 0 Å². The number of benzene rings is 10. The number of aromatic hydroxyl groups is 1. The highest BCUT2D eigenvalue weighted by molar-refractivity contribution is 7.89. The Morgan fingerprint density at radius 2 is 1.03 bits per heavy atom. The highest BCUT2D eigenvalue weighted by atomic mass is 32.2. The first-order valence-electron chi connectivity index (χ1n) is 41.0. The Hall–Kier alpha value is -14.0. The van der Waals surface area contributed by atoms with E-state index in [-0.39, 0.29) is 47.1 Å². The third kappa shape index (κ3) is 32.4. The van der Waals surface area contributed by atoms with Crippen LogP contribution in [0.15, 0.2) is 236 Å². The van der Waals surface area contributed by atoms with Gasteiger partial charge in [-0.25, -0.2) is 41.6 Å². The first kappa shape index (κ1) is 99.1. The minimum absolute atomic E-state index is 0.124. The number of aromatic nitrogens is 1. The number of pyridine rings is 1. The highest BCUT2D eigenvalue weighted by Gasteiger charge is 2.24. The van der Waals surface area contributed by atoms with Gasteiger partial charge in [0.1, 0.15) is 34.6 Å². The van der Waals surface area contributed by atoms with E-state index >= 15 is 0 Å². The van der Waals surface area contributed by atoms with Crippen LogP contribution in [-0.2, 0) is 40.4 Å². The molecule has 1 aromatic heterocycles. The summed E-state index contributed by atoms with van der Waals surface area (Å²) in [7, 11) is 6.28. The number of hydrogen-bond acceptors (Lipinski definition) is 17. The Morgan fingerprint density at radius 1 is 0.500 bits per heavy atom. The SMILES string of the molecule is CC(Cc1ccc(O)cc1)NC(=O)Nc1ccccc1F.CCN(CC)S(=O)(=O)c1ccc(N(C)C)c(NC(=O)NCCc2ccc(C)cc2)c1.CCOc1ccc(NC(=O)NCCc2ccc(C)c(OC)c2)c(C)c1.COC(=O)c1ccc(NC(=O)NCCc2ccc(C)c(OC)c2)cc1.COc1ccc(C(CO)NC(=O)Nc2cccc3cccnc23)cc1. The number of esters is 1. The number of sulfonamides is 1. The Balaban J connectivity index is 0.000000217. The third-order valence-corrected chi connectivity index (χ3v) is 21.4. The van der Waals surface area contributed by atoms with Gasteiger partial charge in [0.05, 0.1) is 86.4 Å². The Bertz CT molecular complexity index is 5450. The number of hydrogen-bond donors (Lipinski definition) is 12. The van der Waals surface area contributed by atoms with Gasteiger partial charge >= 0.3 is 36.1 Å². The lowest BCUT2D eigenvalue weighted by molar-refractivity contribution is 0.0600. The summed E-state index contributed by atoms with van der Waals surface area (Å²) in [5.74, 6) is 2.55. The number of aliphatic hydroxyl groups is 1. The molecule has 30 heteroatoms. The van der Waals surface area contributed by atoms with E-state index in [1.54, 1.807) is 145 Å². The number of carbonyl (C=O) groups is 6. The molecule has 126 heavy (non-hydrogen) atoms. The number of anilines is 6. The zero-order valence-electron chi connectivity index (χ0n) is 73.7. The van der Waals surface area contributed by atoms with Crippen LogP contribution in [0.1, 0.15) is 94.2 Å². The van der Waals surface area contributed by atoms with E-state index < -0.39 is 39.9 Å². The van der Waals surface area contributed by atoms with Gasteiger partial charge in [-0.15, -0.1) is 0 Å². The fraction of sp³-hybridized carbons (Fsp3) is 0.281. The molecule has 0 spiro atoms. The molecule has 0 saturated carbocycles. The van der Waals surface area contributed by atoms with E-state index in [1.165, 1.54) is 35.2 Å². The Labute approximate surface area is 737 Å². The maximum atomic E-state index is 13.4. The molecule has 1 heterocycles. The van der Waals surface area contributed by atoms with Crippen LogP contribution in [0, 0.1) is 33.5 Å². The maximum Gasteiger partial charge on any atom is 0.337 e. The van der Waals surface area contributed by atoms with Crippen LogP contribution in [0.5, 0.6) is 28.7 Å². The van der Waals surface area contributed by atoms with Gasteiger partial charge in [0.2, 0.25) is 10.0 Å². The van der Waals surface area contributed by atoms with E-state index in [0.717, 1.165) is 84.9 Å². The van der Waals surface area contributed by atoms with Crippen molar-refractivity contribution in [2.24, 2.45) is 0 Å².